The second-order valence-electron chi connectivity index (χ2n) is 7.79. The SMILES string of the molecule is O=C(Nc1ccc2c3c(cccc13)CC2)C1CCCCN1S(=O)(=O)c1ccc(Cl)s1. The molecule has 2 aromatic carbocycles. The maximum atomic E-state index is 13.3. The largest absolute Gasteiger partial charge is 0.324 e. The topological polar surface area (TPSA) is 66.5 Å². The zero-order chi connectivity index (χ0) is 20.9. The normalized spacial score (nSPS) is 19.3. The molecule has 1 fully saturated rings. The molecule has 1 N–H and O–H groups in total. The number of thiophene rings is 1. The third kappa shape index (κ3) is 3.34. The van der Waals surface area contributed by atoms with Gasteiger partial charge in [-0.05, 0) is 60.4 Å². The van der Waals surface area contributed by atoms with Crippen LogP contribution < -0.4 is 5.32 Å². The van der Waals surface area contributed by atoms with Gasteiger partial charge in [0, 0.05) is 17.6 Å². The lowest BCUT2D eigenvalue weighted by molar-refractivity contribution is -0.120. The molecule has 1 aliphatic carbocycles. The fourth-order valence-corrected chi connectivity index (χ4v) is 7.85. The van der Waals surface area contributed by atoms with Gasteiger partial charge in [0.15, 0.2) is 0 Å². The van der Waals surface area contributed by atoms with Crippen molar-refractivity contribution in [3.8, 4) is 0 Å². The summed E-state index contributed by atoms with van der Waals surface area (Å²) in [5.74, 6) is -0.278. The standard InChI is InChI=1S/C22H21ClN2O3S2/c23-19-11-12-20(29-19)30(27,28)25-13-2-1-6-18(25)22(26)24-17-10-9-15-8-7-14-4-3-5-16(17)21(14)15/h3-5,9-12,18H,1-2,6-8,13H2,(H,24,26). The van der Waals surface area contributed by atoms with Gasteiger partial charge in [-0.25, -0.2) is 8.42 Å². The Morgan fingerprint density at radius 3 is 2.63 bits per heavy atom. The van der Waals surface area contributed by atoms with Crippen LogP contribution in [-0.2, 0) is 27.7 Å². The molecule has 1 aromatic heterocycles. The van der Waals surface area contributed by atoms with E-state index < -0.39 is 16.1 Å². The number of sulfonamides is 1. The molecule has 0 saturated carbocycles. The predicted octanol–water partition coefficient (Wildman–Crippen LogP) is 4.84. The molecular formula is C22H21ClN2O3S2. The molecule has 0 spiro atoms. The number of hydrogen-bond donors (Lipinski definition) is 1. The van der Waals surface area contributed by atoms with Gasteiger partial charge in [0.2, 0.25) is 5.91 Å². The highest BCUT2D eigenvalue weighted by molar-refractivity contribution is 7.91. The van der Waals surface area contributed by atoms with Crippen LogP contribution in [0.4, 0.5) is 5.69 Å². The van der Waals surface area contributed by atoms with Gasteiger partial charge in [-0.3, -0.25) is 4.79 Å². The molecule has 5 nitrogen and oxygen atoms in total. The maximum Gasteiger partial charge on any atom is 0.253 e. The number of hydrogen-bond acceptors (Lipinski definition) is 4. The fraction of sp³-hybridized carbons (Fsp3) is 0.318. The zero-order valence-corrected chi connectivity index (χ0v) is 18.6. The number of nitrogens with zero attached hydrogens (tertiary/aromatic N) is 1. The van der Waals surface area contributed by atoms with Gasteiger partial charge >= 0.3 is 0 Å². The fourth-order valence-electron chi connectivity index (χ4n) is 4.58. The van der Waals surface area contributed by atoms with E-state index >= 15 is 0 Å². The summed E-state index contributed by atoms with van der Waals surface area (Å²) in [6.07, 6.45) is 4.10. The summed E-state index contributed by atoms with van der Waals surface area (Å²) in [7, 11) is -3.77. The van der Waals surface area contributed by atoms with Gasteiger partial charge in [-0.2, -0.15) is 4.31 Å². The minimum Gasteiger partial charge on any atom is -0.324 e. The number of aryl methyl sites for hydroxylation is 2. The van der Waals surface area contributed by atoms with Crippen LogP contribution in [0.3, 0.4) is 0 Å². The average molecular weight is 461 g/mol. The lowest BCUT2D eigenvalue weighted by atomic mass is 10.0. The number of amides is 1. The molecule has 30 heavy (non-hydrogen) atoms. The number of piperidine rings is 1. The van der Waals surface area contributed by atoms with Crippen molar-refractivity contribution in [3.05, 3.63) is 57.9 Å². The van der Waals surface area contributed by atoms with Gasteiger partial charge in [0.25, 0.3) is 10.0 Å². The van der Waals surface area contributed by atoms with Gasteiger partial charge < -0.3 is 5.32 Å². The Morgan fingerprint density at radius 2 is 1.87 bits per heavy atom. The number of nitrogens with one attached hydrogen (secondary N) is 1. The van der Waals surface area contributed by atoms with Crippen LogP contribution >= 0.6 is 22.9 Å². The van der Waals surface area contributed by atoms with Crippen molar-refractivity contribution in [1.82, 2.24) is 4.31 Å². The van der Waals surface area contributed by atoms with E-state index in [2.05, 4.69) is 17.4 Å². The highest BCUT2D eigenvalue weighted by Gasteiger charge is 2.38. The molecule has 156 valence electrons. The lowest BCUT2D eigenvalue weighted by Gasteiger charge is -2.33. The predicted molar refractivity (Wildman–Crippen MR) is 121 cm³/mol. The van der Waals surface area contributed by atoms with Gasteiger partial charge in [0.05, 0.1) is 4.34 Å². The van der Waals surface area contributed by atoms with Crippen LogP contribution in [0, 0.1) is 0 Å². The molecule has 1 amide bonds. The number of halogens is 1. The molecular weight excluding hydrogens is 440 g/mol. The van der Waals surface area contributed by atoms with Crippen LogP contribution in [0.5, 0.6) is 0 Å². The van der Waals surface area contributed by atoms with Gasteiger partial charge in [0.1, 0.15) is 10.3 Å². The number of benzene rings is 2. The van der Waals surface area contributed by atoms with Crippen LogP contribution in [0.15, 0.2) is 46.7 Å². The van der Waals surface area contributed by atoms with E-state index in [1.54, 1.807) is 6.07 Å². The van der Waals surface area contributed by atoms with E-state index in [4.69, 9.17) is 11.6 Å². The molecule has 1 aliphatic heterocycles. The van der Waals surface area contributed by atoms with E-state index in [9.17, 15) is 13.2 Å². The number of carbonyl (C=O) groups excluding carboxylic acids is 1. The zero-order valence-electron chi connectivity index (χ0n) is 16.2. The van der Waals surface area contributed by atoms with Crippen molar-refractivity contribution < 1.29 is 13.2 Å². The second kappa shape index (κ2) is 7.64. The minimum absolute atomic E-state index is 0.178. The van der Waals surface area contributed by atoms with Crippen LogP contribution in [0.25, 0.3) is 10.8 Å². The summed E-state index contributed by atoms with van der Waals surface area (Å²) in [5, 5.41) is 5.27. The van der Waals surface area contributed by atoms with Crippen LogP contribution in [0.2, 0.25) is 4.34 Å². The third-order valence-corrected chi connectivity index (χ3v) is 9.61. The maximum absolute atomic E-state index is 13.3. The molecule has 1 saturated heterocycles. The van der Waals surface area contributed by atoms with E-state index in [1.807, 2.05) is 18.2 Å². The van der Waals surface area contributed by atoms with E-state index in [-0.39, 0.29) is 10.1 Å². The quantitative estimate of drug-likeness (QED) is 0.606. The van der Waals surface area contributed by atoms with Crippen molar-refractivity contribution in [2.75, 3.05) is 11.9 Å². The highest BCUT2D eigenvalue weighted by Crippen LogP contribution is 2.36. The van der Waals surface area contributed by atoms with Crippen molar-refractivity contribution >= 4 is 55.3 Å². The van der Waals surface area contributed by atoms with Crippen molar-refractivity contribution in [3.63, 3.8) is 0 Å². The summed E-state index contributed by atoms with van der Waals surface area (Å²) in [4.78, 5) is 13.3. The Morgan fingerprint density at radius 1 is 1.07 bits per heavy atom. The molecule has 8 heteroatoms. The van der Waals surface area contributed by atoms with Crippen molar-refractivity contribution in [2.45, 2.75) is 42.4 Å². The minimum atomic E-state index is -3.77. The Labute approximate surface area is 184 Å². The van der Waals surface area contributed by atoms with E-state index in [1.165, 1.54) is 26.9 Å². The smallest absolute Gasteiger partial charge is 0.253 e. The molecule has 2 heterocycles. The lowest BCUT2D eigenvalue weighted by Crippen LogP contribution is -2.49. The highest BCUT2D eigenvalue weighted by atomic mass is 35.5. The Bertz CT molecular complexity index is 1240. The number of anilines is 1. The summed E-state index contributed by atoms with van der Waals surface area (Å²) < 4.78 is 28.3. The summed E-state index contributed by atoms with van der Waals surface area (Å²) in [6.45, 7) is 0.333. The molecule has 2 aliphatic rings. The van der Waals surface area contributed by atoms with Crippen LogP contribution in [0.1, 0.15) is 30.4 Å². The molecule has 1 unspecified atom stereocenters. The van der Waals surface area contributed by atoms with E-state index in [0.717, 1.165) is 48.1 Å². The van der Waals surface area contributed by atoms with Crippen molar-refractivity contribution in [1.29, 1.82) is 0 Å². The Hall–Kier alpha value is -1.93. The van der Waals surface area contributed by atoms with Gasteiger partial charge in [-0.1, -0.05) is 42.3 Å². The summed E-state index contributed by atoms with van der Waals surface area (Å²) in [6, 6.07) is 12.5. The van der Waals surface area contributed by atoms with Crippen molar-refractivity contribution in [2.24, 2.45) is 0 Å². The first kappa shape index (κ1) is 20.0. The molecule has 0 radical (unpaired) electrons. The van der Waals surface area contributed by atoms with E-state index in [0.29, 0.717) is 17.3 Å². The Kier molecular flexibility index (Phi) is 5.09. The monoisotopic (exact) mass is 460 g/mol. The van der Waals surface area contributed by atoms with Gasteiger partial charge in [-0.15, -0.1) is 11.3 Å². The van der Waals surface area contributed by atoms with Crippen LogP contribution in [-0.4, -0.2) is 31.2 Å². The Balaban J connectivity index is 1.46. The third-order valence-electron chi connectivity index (χ3n) is 6.00. The number of rotatable bonds is 4. The summed E-state index contributed by atoms with van der Waals surface area (Å²) >= 11 is 6.98. The summed E-state index contributed by atoms with van der Waals surface area (Å²) in [5.41, 5.74) is 3.34. The molecule has 0 bridgehead atoms. The number of carbonyl (C=O) groups is 1. The first-order valence-electron chi connectivity index (χ1n) is 10.1. The first-order chi connectivity index (χ1) is 14.4. The molecule has 1 atom stereocenters. The second-order valence-corrected chi connectivity index (χ2v) is 11.6. The molecule has 5 rings (SSSR count). The average Bonchev–Trinajstić information content (AvgIpc) is 3.38. The first-order valence-corrected chi connectivity index (χ1v) is 12.7. The molecule has 3 aromatic rings.